The lowest BCUT2D eigenvalue weighted by Gasteiger charge is -2.23. The third-order valence-electron chi connectivity index (χ3n) is 3.04. The highest BCUT2D eigenvalue weighted by Crippen LogP contribution is 2.27. The SMILES string of the molecule is Cc1ccc(C(Oc2ccc(F)c(Cl)c2)C(C)N)cc1. The van der Waals surface area contributed by atoms with Crippen molar-refractivity contribution in [2.24, 2.45) is 5.73 Å². The van der Waals surface area contributed by atoms with Crippen molar-refractivity contribution in [2.45, 2.75) is 26.0 Å². The molecule has 2 atom stereocenters. The number of aryl methyl sites for hydroxylation is 1. The van der Waals surface area contributed by atoms with Gasteiger partial charge < -0.3 is 10.5 Å². The molecular formula is C16H17ClFNO. The van der Waals surface area contributed by atoms with Gasteiger partial charge in [0.2, 0.25) is 0 Å². The molecule has 0 amide bonds. The molecule has 2 nitrogen and oxygen atoms in total. The van der Waals surface area contributed by atoms with Crippen molar-refractivity contribution in [1.82, 2.24) is 0 Å². The standard InChI is InChI=1S/C16H17ClFNO/c1-10-3-5-12(6-4-10)16(11(2)19)20-13-7-8-15(18)14(17)9-13/h3-9,11,16H,19H2,1-2H3. The van der Waals surface area contributed by atoms with Gasteiger partial charge in [-0.25, -0.2) is 4.39 Å². The van der Waals surface area contributed by atoms with E-state index in [1.165, 1.54) is 17.7 Å². The molecule has 2 N–H and O–H groups in total. The minimum atomic E-state index is -0.466. The first-order valence-electron chi connectivity index (χ1n) is 6.41. The van der Waals surface area contributed by atoms with E-state index in [0.717, 1.165) is 5.56 Å². The van der Waals surface area contributed by atoms with Crippen LogP contribution in [0.2, 0.25) is 5.02 Å². The smallest absolute Gasteiger partial charge is 0.142 e. The van der Waals surface area contributed by atoms with Gasteiger partial charge in [-0.05, 0) is 31.5 Å². The summed E-state index contributed by atoms with van der Waals surface area (Å²) in [5, 5.41) is 0.0369. The Balaban J connectivity index is 2.25. The predicted molar refractivity (Wildman–Crippen MR) is 79.6 cm³/mol. The number of hydrogen-bond donors (Lipinski definition) is 1. The Kier molecular flexibility index (Phi) is 4.63. The summed E-state index contributed by atoms with van der Waals surface area (Å²) in [4.78, 5) is 0. The number of ether oxygens (including phenoxy) is 1. The maximum absolute atomic E-state index is 13.1. The molecule has 0 heterocycles. The molecular weight excluding hydrogens is 277 g/mol. The molecule has 0 bridgehead atoms. The van der Waals surface area contributed by atoms with Gasteiger partial charge in [0, 0.05) is 12.1 Å². The highest BCUT2D eigenvalue weighted by molar-refractivity contribution is 6.30. The van der Waals surface area contributed by atoms with Crippen LogP contribution < -0.4 is 10.5 Å². The summed E-state index contributed by atoms with van der Waals surface area (Å²) in [7, 11) is 0. The van der Waals surface area contributed by atoms with Crippen LogP contribution in [0.3, 0.4) is 0 Å². The molecule has 20 heavy (non-hydrogen) atoms. The fourth-order valence-corrected chi connectivity index (χ4v) is 2.10. The molecule has 0 saturated heterocycles. The third-order valence-corrected chi connectivity index (χ3v) is 3.33. The highest BCUT2D eigenvalue weighted by atomic mass is 35.5. The predicted octanol–water partition coefficient (Wildman–Crippen LogP) is 4.25. The summed E-state index contributed by atoms with van der Waals surface area (Å²) < 4.78 is 19.0. The largest absolute Gasteiger partial charge is 0.484 e. The van der Waals surface area contributed by atoms with Crippen molar-refractivity contribution in [1.29, 1.82) is 0 Å². The van der Waals surface area contributed by atoms with E-state index < -0.39 is 5.82 Å². The van der Waals surface area contributed by atoms with Gasteiger partial charge in [-0.3, -0.25) is 0 Å². The number of halogens is 2. The van der Waals surface area contributed by atoms with E-state index in [9.17, 15) is 4.39 Å². The Morgan fingerprint density at radius 1 is 1.15 bits per heavy atom. The Bertz CT molecular complexity index is 584. The topological polar surface area (TPSA) is 35.2 Å². The van der Waals surface area contributed by atoms with Gasteiger partial charge >= 0.3 is 0 Å². The lowest BCUT2D eigenvalue weighted by Crippen LogP contribution is -2.29. The molecule has 0 aliphatic heterocycles. The fourth-order valence-electron chi connectivity index (χ4n) is 1.93. The summed E-state index contributed by atoms with van der Waals surface area (Å²) >= 11 is 5.76. The summed E-state index contributed by atoms with van der Waals surface area (Å²) in [6.07, 6.45) is -0.308. The second-order valence-electron chi connectivity index (χ2n) is 4.88. The van der Waals surface area contributed by atoms with Crippen LogP contribution in [0.5, 0.6) is 5.75 Å². The quantitative estimate of drug-likeness (QED) is 0.914. The van der Waals surface area contributed by atoms with E-state index in [2.05, 4.69) is 0 Å². The molecule has 0 aliphatic carbocycles. The van der Waals surface area contributed by atoms with Crippen molar-refractivity contribution in [3.8, 4) is 5.75 Å². The summed E-state index contributed by atoms with van der Waals surface area (Å²) in [5.74, 6) is 0.0333. The molecule has 0 aliphatic rings. The van der Waals surface area contributed by atoms with Crippen LogP contribution in [0.4, 0.5) is 4.39 Å². The van der Waals surface area contributed by atoms with Crippen LogP contribution >= 0.6 is 11.6 Å². The van der Waals surface area contributed by atoms with E-state index in [4.69, 9.17) is 22.1 Å². The Hall–Kier alpha value is -1.58. The summed E-state index contributed by atoms with van der Waals surface area (Å²) in [6.45, 7) is 3.89. The van der Waals surface area contributed by atoms with Gasteiger partial charge in [0.15, 0.2) is 0 Å². The molecule has 4 heteroatoms. The van der Waals surface area contributed by atoms with E-state index in [0.29, 0.717) is 5.75 Å². The van der Waals surface area contributed by atoms with Crippen LogP contribution in [-0.4, -0.2) is 6.04 Å². The van der Waals surface area contributed by atoms with Gasteiger partial charge in [-0.2, -0.15) is 0 Å². The normalized spacial score (nSPS) is 13.8. The molecule has 0 spiro atoms. The first-order valence-corrected chi connectivity index (χ1v) is 6.79. The van der Waals surface area contributed by atoms with Gasteiger partial charge in [0.1, 0.15) is 17.7 Å². The zero-order chi connectivity index (χ0) is 14.7. The lowest BCUT2D eigenvalue weighted by atomic mass is 10.0. The zero-order valence-electron chi connectivity index (χ0n) is 11.4. The molecule has 0 saturated carbocycles. The number of hydrogen-bond acceptors (Lipinski definition) is 2. The third kappa shape index (κ3) is 3.50. The number of nitrogens with two attached hydrogens (primary N) is 1. The molecule has 2 aromatic rings. The van der Waals surface area contributed by atoms with Crippen molar-refractivity contribution >= 4 is 11.6 Å². The van der Waals surface area contributed by atoms with Crippen LogP contribution in [0, 0.1) is 12.7 Å². The molecule has 0 radical (unpaired) electrons. The second kappa shape index (κ2) is 6.25. The maximum atomic E-state index is 13.1. The summed E-state index contributed by atoms with van der Waals surface area (Å²) in [5.41, 5.74) is 8.14. The lowest BCUT2D eigenvalue weighted by molar-refractivity contribution is 0.180. The van der Waals surface area contributed by atoms with Gasteiger partial charge in [-0.1, -0.05) is 41.4 Å². The van der Waals surface area contributed by atoms with E-state index in [1.807, 2.05) is 38.1 Å². The van der Waals surface area contributed by atoms with Crippen LogP contribution in [0.1, 0.15) is 24.2 Å². The minimum absolute atomic E-state index is 0.0369. The average molecular weight is 294 g/mol. The van der Waals surface area contributed by atoms with Gasteiger partial charge in [0.05, 0.1) is 5.02 Å². The minimum Gasteiger partial charge on any atom is -0.484 e. The van der Waals surface area contributed by atoms with Crippen molar-refractivity contribution in [3.05, 3.63) is 64.4 Å². The van der Waals surface area contributed by atoms with E-state index >= 15 is 0 Å². The molecule has 0 aromatic heterocycles. The van der Waals surface area contributed by atoms with Gasteiger partial charge in [0.25, 0.3) is 0 Å². The molecule has 2 unspecified atom stereocenters. The van der Waals surface area contributed by atoms with Crippen LogP contribution in [0.25, 0.3) is 0 Å². The van der Waals surface area contributed by atoms with Crippen molar-refractivity contribution in [3.63, 3.8) is 0 Å². The molecule has 106 valence electrons. The van der Waals surface area contributed by atoms with Gasteiger partial charge in [-0.15, -0.1) is 0 Å². The molecule has 2 rings (SSSR count). The zero-order valence-corrected chi connectivity index (χ0v) is 12.2. The van der Waals surface area contributed by atoms with Crippen LogP contribution in [0.15, 0.2) is 42.5 Å². The van der Waals surface area contributed by atoms with E-state index in [1.54, 1.807) is 6.07 Å². The maximum Gasteiger partial charge on any atom is 0.142 e. The highest BCUT2D eigenvalue weighted by Gasteiger charge is 2.18. The first-order chi connectivity index (χ1) is 9.47. The number of rotatable bonds is 4. The monoisotopic (exact) mass is 293 g/mol. The summed E-state index contributed by atoms with van der Waals surface area (Å²) in [6, 6.07) is 12.1. The number of benzene rings is 2. The Morgan fingerprint density at radius 2 is 1.80 bits per heavy atom. The van der Waals surface area contributed by atoms with Crippen molar-refractivity contribution in [2.75, 3.05) is 0 Å². The fraction of sp³-hybridized carbons (Fsp3) is 0.250. The Morgan fingerprint density at radius 3 is 2.35 bits per heavy atom. The van der Waals surface area contributed by atoms with Crippen LogP contribution in [-0.2, 0) is 0 Å². The average Bonchev–Trinajstić information content (AvgIpc) is 2.41. The first kappa shape index (κ1) is 14.8. The molecule has 2 aromatic carbocycles. The Labute approximate surface area is 123 Å². The van der Waals surface area contributed by atoms with Crippen molar-refractivity contribution < 1.29 is 9.13 Å². The molecule has 0 fully saturated rings. The van der Waals surface area contributed by atoms with E-state index in [-0.39, 0.29) is 17.2 Å². The second-order valence-corrected chi connectivity index (χ2v) is 5.29.